The summed E-state index contributed by atoms with van der Waals surface area (Å²) in [5, 5.41) is 2.54. The minimum Gasteiger partial charge on any atom is -0.469 e. The number of amides is 1. The number of ether oxygens (including phenoxy) is 1. The van der Waals surface area contributed by atoms with Crippen molar-refractivity contribution in [2.75, 3.05) is 25.5 Å². The van der Waals surface area contributed by atoms with Crippen molar-refractivity contribution in [1.82, 2.24) is 4.90 Å². The lowest BCUT2D eigenvalue weighted by molar-refractivity contribution is -0.141. The molecule has 0 saturated carbocycles. The quantitative estimate of drug-likeness (QED) is 0.682. The van der Waals surface area contributed by atoms with Crippen molar-refractivity contribution in [3.8, 4) is 0 Å². The van der Waals surface area contributed by atoms with Crippen molar-refractivity contribution in [3.63, 3.8) is 0 Å². The molecule has 0 bridgehead atoms. The fourth-order valence-electron chi connectivity index (χ4n) is 2.52. The largest absolute Gasteiger partial charge is 0.469 e. The third-order valence-corrected chi connectivity index (χ3v) is 3.97. The van der Waals surface area contributed by atoms with Crippen LogP contribution in [0.3, 0.4) is 0 Å². The minimum atomic E-state index is -1.02. The number of rotatable bonds is 9. The van der Waals surface area contributed by atoms with Crippen LogP contribution in [0.5, 0.6) is 0 Å². The van der Waals surface area contributed by atoms with E-state index in [4.69, 9.17) is 0 Å². The zero-order chi connectivity index (χ0) is 19.6. The number of hydrogen-bond acceptors (Lipinski definition) is 4. The summed E-state index contributed by atoms with van der Waals surface area (Å²) in [6.07, 6.45) is 0.362. The lowest BCUT2D eigenvalue weighted by Gasteiger charge is -2.21. The Balaban J connectivity index is 1.91. The topological polar surface area (TPSA) is 58.6 Å². The molecular weight excluding hydrogens is 354 g/mol. The Kier molecular flexibility index (Phi) is 7.88. The molecule has 144 valence electrons. The smallest absolute Gasteiger partial charge is 0.306 e. The maximum Gasteiger partial charge on any atom is 0.306 e. The van der Waals surface area contributed by atoms with E-state index >= 15 is 0 Å². The number of nitrogens with one attached hydrogen (secondary N) is 1. The molecule has 0 aliphatic heterocycles. The first-order valence-electron chi connectivity index (χ1n) is 8.56. The highest BCUT2D eigenvalue weighted by atomic mass is 19.2. The van der Waals surface area contributed by atoms with Gasteiger partial charge in [0.2, 0.25) is 5.91 Å². The van der Waals surface area contributed by atoms with Crippen LogP contribution < -0.4 is 5.32 Å². The second-order valence-corrected chi connectivity index (χ2v) is 6.01. The summed E-state index contributed by atoms with van der Waals surface area (Å²) in [5.74, 6) is -2.63. The molecule has 2 aromatic rings. The van der Waals surface area contributed by atoms with Crippen molar-refractivity contribution in [3.05, 3.63) is 65.7 Å². The van der Waals surface area contributed by atoms with Gasteiger partial charge in [0.1, 0.15) is 0 Å². The van der Waals surface area contributed by atoms with E-state index in [0.29, 0.717) is 19.6 Å². The second-order valence-electron chi connectivity index (χ2n) is 6.01. The molecule has 0 aliphatic rings. The Morgan fingerprint density at radius 1 is 1.00 bits per heavy atom. The number of esters is 1. The molecule has 2 rings (SSSR count). The number of anilines is 1. The normalized spacial score (nSPS) is 10.7. The Bertz CT molecular complexity index is 769. The molecular formula is C20H22F2N2O3. The average Bonchev–Trinajstić information content (AvgIpc) is 2.67. The summed E-state index contributed by atoms with van der Waals surface area (Å²) in [5.41, 5.74) is 1.26. The number of hydrogen-bond donors (Lipinski definition) is 1. The molecule has 0 atom stereocenters. The zero-order valence-corrected chi connectivity index (χ0v) is 15.1. The number of benzene rings is 2. The van der Waals surface area contributed by atoms with Gasteiger partial charge in [-0.3, -0.25) is 14.5 Å². The molecule has 2 aromatic carbocycles. The number of carbonyl (C=O) groups is 2. The maximum atomic E-state index is 13.2. The van der Waals surface area contributed by atoms with E-state index in [1.165, 1.54) is 13.2 Å². The molecule has 27 heavy (non-hydrogen) atoms. The molecule has 5 nitrogen and oxygen atoms in total. The van der Waals surface area contributed by atoms with E-state index in [1.807, 2.05) is 35.2 Å². The van der Waals surface area contributed by atoms with Gasteiger partial charge in [-0.25, -0.2) is 8.78 Å². The molecule has 0 fully saturated rings. The standard InChI is InChI=1S/C20H22F2N2O3/c1-27-20(26)10-12-24(14-15-5-3-2-4-6-15)11-9-19(25)23-16-7-8-17(21)18(22)13-16/h2-8,13H,9-12,14H2,1H3,(H,23,25). The van der Waals surface area contributed by atoms with Crippen molar-refractivity contribution in [2.24, 2.45) is 0 Å². The van der Waals surface area contributed by atoms with Crippen LogP contribution in [0.25, 0.3) is 0 Å². The molecule has 0 unspecified atom stereocenters. The van der Waals surface area contributed by atoms with Crippen LogP contribution in [0.15, 0.2) is 48.5 Å². The van der Waals surface area contributed by atoms with Gasteiger partial charge in [-0.05, 0) is 17.7 Å². The third kappa shape index (κ3) is 7.15. The van der Waals surface area contributed by atoms with Gasteiger partial charge < -0.3 is 10.1 Å². The van der Waals surface area contributed by atoms with Gasteiger partial charge in [0.05, 0.1) is 13.5 Å². The fraction of sp³-hybridized carbons (Fsp3) is 0.300. The van der Waals surface area contributed by atoms with Crippen LogP contribution in [0.1, 0.15) is 18.4 Å². The molecule has 0 saturated heterocycles. The maximum absolute atomic E-state index is 13.2. The number of methoxy groups -OCH3 is 1. The predicted octanol–water partition coefficient (Wildman–Crippen LogP) is 3.36. The van der Waals surface area contributed by atoms with E-state index in [2.05, 4.69) is 10.1 Å². The first-order chi connectivity index (χ1) is 13.0. The molecule has 0 aromatic heterocycles. The zero-order valence-electron chi connectivity index (χ0n) is 15.1. The highest BCUT2D eigenvalue weighted by Gasteiger charge is 2.12. The molecule has 1 N–H and O–H groups in total. The summed E-state index contributed by atoms with van der Waals surface area (Å²) in [6, 6.07) is 12.9. The molecule has 0 spiro atoms. The number of halogens is 2. The Morgan fingerprint density at radius 3 is 2.37 bits per heavy atom. The molecule has 0 heterocycles. The van der Waals surface area contributed by atoms with Gasteiger partial charge >= 0.3 is 5.97 Å². The van der Waals surface area contributed by atoms with Crippen LogP contribution >= 0.6 is 0 Å². The molecule has 0 aliphatic carbocycles. The van der Waals surface area contributed by atoms with Gasteiger partial charge in [0.15, 0.2) is 11.6 Å². The van der Waals surface area contributed by atoms with E-state index in [9.17, 15) is 18.4 Å². The van der Waals surface area contributed by atoms with Gasteiger partial charge in [-0.1, -0.05) is 30.3 Å². The summed E-state index contributed by atoms with van der Waals surface area (Å²) >= 11 is 0. The van der Waals surface area contributed by atoms with Crippen molar-refractivity contribution in [2.45, 2.75) is 19.4 Å². The van der Waals surface area contributed by atoms with E-state index in [-0.39, 0.29) is 30.4 Å². The minimum absolute atomic E-state index is 0.146. The van der Waals surface area contributed by atoms with Crippen molar-refractivity contribution < 1.29 is 23.1 Å². The third-order valence-electron chi connectivity index (χ3n) is 3.97. The van der Waals surface area contributed by atoms with Gasteiger partial charge in [0.25, 0.3) is 0 Å². The van der Waals surface area contributed by atoms with E-state index in [1.54, 1.807) is 0 Å². The Morgan fingerprint density at radius 2 is 1.70 bits per heavy atom. The molecule has 7 heteroatoms. The number of nitrogens with zero attached hydrogens (tertiary/aromatic N) is 1. The molecule has 1 amide bonds. The lowest BCUT2D eigenvalue weighted by atomic mass is 10.2. The highest BCUT2D eigenvalue weighted by Crippen LogP contribution is 2.13. The first-order valence-corrected chi connectivity index (χ1v) is 8.56. The van der Waals surface area contributed by atoms with Crippen LogP contribution in [0.4, 0.5) is 14.5 Å². The Labute approximate surface area is 156 Å². The monoisotopic (exact) mass is 376 g/mol. The van der Waals surface area contributed by atoms with E-state index in [0.717, 1.165) is 17.7 Å². The SMILES string of the molecule is COC(=O)CCN(CCC(=O)Nc1ccc(F)c(F)c1)Cc1ccccc1. The lowest BCUT2D eigenvalue weighted by Crippen LogP contribution is -2.30. The highest BCUT2D eigenvalue weighted by molar-refractivity contribution is 5.90. The summed E-state index contributed by atoms with van der Waals surface area (Å²) in [4.78, 5) is 25.5. The van der Waals surface area contributed by atoms with Crippen LogP contribution in [-0.4, -0.2) is 37.0 Å². The second kappa shape index (κ2) is 10.4. The van der Waals surface area contributed by atoms with E-state index < -0.39 is 11.6 Å². The van der Waals surface area contributed by atoms with Crippen LogP contribution in [0, 0.1) is 11.6 Å². The van der Waals surface area contributed by atoms with Crippen molar-refractivity contribution >= 4 is 17.6 Å². The van der Waals surface area contributed by atoms with Gasteiger partial charge in [-0.2, -0.15) is 0 Å². The number of carbonyl (C=O) groups excluding carboxylic acids is 2. The summed E-state index contributed by atoms with van der Waals surface area (Å²) in [7, 11) is 1.33. The fourth-order valence-corrected chi connectivity index (χ4v) is 2.52. The Hall–Kier alpha value is -2.80. The summed E-state index contributed by atoms with van der Waals surface area (Å²) < 4.78 is 30.8. The summed E-state index contributed by atoms with van der Waals surface area (Å²) in [6.45, 7) is 1.43. The predicted molar refractivity (Wildman–Crippen MR) is 98.0 cm³/mol. The van der Waals surface area contributed by atoms with Gasteiger partial charge in [-0.15, -0.1) is 0 Å². The van der Waals surface area contributed by atoms with Crippen LogP contribution in [0.2, 0.25) is 0 Å². The van der Waals surface area contributed by atoms with Crippen molar-refractivity contribution in [1.29, 1.82) is 0 Å². The average molecular weight is 376 g/mol. The van der Waals surface area contributed by atoms with Crippen LogP contribution in [-0.2, 0) is 20.9 Å². The van der Waals surface area contributed by atoms with Gasteiger partial charge in [0, 0.05) is 37.8 Å². The first kappa shape index (κ1) is 20.5. The molecule has 0 radical (unpaired) electrons.